The summed E-state index contributed by atoms with van der Waals surface area (Å²) in [5, 5.41) is 4.68. The zero-order valence-electron chi connectivity index (χ0n) is 32.1. The van der Waals surface area contributed by atoms with Crippen molar-refractivity contribution in [3.8, 4) is 5.75 Å². The summed E-state index contributed by atoms with van der Waals surface area (Å²) >= 11 is 0. The average Bonchev–Trinajstić information content (AvgIpc) is 3.53. The van der Waals surface area contributed by atoms with Crippen LogP contribution in [-0.2, 0) is 61.9 Å². The fourth-order valence-electron chi connectivity index (χ4n) is 4.60. The molecule has 0 spiro atoms. The number of hydrogen-bond donors (Lipinski definition) is 2. The van der Waals surface area contributed by atoms with Crippen LogP contribution in [0.5, 0.6) is 5.75 Å². The van der Waals surface area contributed by atoms with Crippen molar-refractivity contribution in [1.29, 1.82) is 0 Å². The highest BCUT2D eigenvalue weighted by Gasteiger charge is 2.32. The summed E-state index contributed by atoms with van der Waals surface area (Å²) in [6.45, 7) is 5.57. The first kappa shape index (κ1) is 50.0. The van der Waals surface area contributed by atoms with Gasteiger partial charge in [0, 0.05) is 45.2 Å². The van der Waals surface area contributed by atoms with Gasteiger partial charge in [0.25, 0.3) is 11.8 Å². The number of esters is 1. The maximum atomic E-state index is 14.2. The number of methoxy groups -OCH3 is 1. The number of imide groups is 1. The van der Waals surface area contributed by atoms with Gasteiger partial charge in [-0.2, -0.15) is 8.78 Å². The van der Waals surface area contributed by atoms with E-state index in [2.05, 4.69) is 15.4 Å². The van der Waals surface area contributed by atoms with Crippen LogP contribution in [-0.4, -0.2) is 160 Å². The summed E-state index contributed by atoms with van der Waals surface area (Å²) in [7, 11) is 1.61. The Labute approximate surface area is 331 Å². The second-order valence-corrected chi connectivity index (χ2v) is 11.9. The van der Waals surface area contributed by atoms with Gasteiger partial charge in [-0.1, -0.05) is 0 Å². The summed E-state index contributed by atoms with van der Waals surface area (Å²) < 4.78 is 116. The summed E-state index contributed by atoms with van der Waals surface area (Å²) in [6.07, 6.45) is 0.705. The van der Waals surface area contributed by atoms with E-state index in [1.54, 1.807) is 7.11 Å². The molecule has 0 saturated carbocycles. The fourth-order valence-corrected chi connectivity index (χ4v) is 4.60. The van der Waals surface area contributed by atoms with Crippen LogP contribution in [0.2, 0.25) is 0 Å². The number of amides is 4. The Morgan fingerprint density at radius 1 is 0.586 bits per heavy atom. The third kappa shape index (κ3) is 20.0. The van der Waals surface area contributed by atoms with Gasteiger partial charge >= 0.3 is 5.97 Å². The van der Waals surface area contributed by atoms with E-state index < -0.39 is 83.3 Å². The largest absolute Gasteiger partial charge is 0.418 e. The Morgan fingerprint density at radius 2 is 1.00 bits per heavy atom. The first-order valence-electron chi connectivity index (χ1n) is 18.3. The Bertz CT molecular complexity index is 1430. The van der Waals surface area contributed by atoms with Crippen molar-refractivity contribution in [3.63, 3.8) is 0 Å². The molecule has 1 aliphatic rings. The summed E-state index contributed by atoms with van der Waals surface area (Å²) in [5.41, 5.74) is 0. The number of rotatable bonds is 34. The molecule has 0 radical (unpaired) electrons. The molecule has 0 fully saturated rings. The smallest absolute Gasteiger partial charge is 0.334 e. The molecular formula is C36H50F5N3O14. The van der Waals surface area contributed by atoms with Gasteiger partial charge in [0.2, 0.25) is 46.6 Å². The van der Waals surface area contributed by atoms with Crippen LogP contribution < -0.4 is 15.4 Å². The third-order valence-corrected chi connectivity index (χ3v) is 7.57. The molecular weight excluding hydrogens is 793 g/mol. The SMILES string of the molecule is COCCOCCOCCOCCOCCOCCOCCOCCNC(=O)CC[C@H](NC(=O)CCCN1C(=O)C=CC1=O)C(=O)Oc1c(F)c(F)c(F)c(F)c1F. The zero-order chi connectivity index (χ0) is 42.5. The number of benzene rings is 1. The second-order valence-electron chi connectivity index (χ2n) is 11.9. The van der Waals surface area contributed by atoms with E-state index in [4.69, 9.17) is 37.9 Å². The van der Waals surface area contributed by atoms with Crippen LogP contribution >= 0.6 is 0 Å². The van der Waals surface area contributed by atoms with E-state index in [0.717, 1.165) is 17.1 Å². The molecule has 22 heteroatoms. The highest BCUT2D eigenvalue weighted by atomic mass is 19.2. The van der Waals surface area contributed by atoms with Gasteiger partial charge in [0.05, 0.1) is 99.1 Å². The first-order valence-corrected chi connectivity index (χ1v) is 18.3. The molecule has 328 valence electrons. The molecule has 1 aromatic rings. The first-order chi connectivity index (χ1) is 28.0. The van der Waals surface area contributed by atoms with Crippen molar-refractivity contribution in [2.24, 2.45) is 0 Å². The van der Waals surface area contributed by atoms with Crippen LogP contribution in [0.15, 0.2) is 12.2 Å². The lowest BCUT2D eigenvalue weighted by molar-refractivity contribution is -0.140. The van der Waals surface area contributed by atoms with Gasteiger partial charge in [0.15, 0.2) is 0 Å². The lowest BCUT2D eigenvalue weighted by Crippen LogP contribution is -2.44. The second kappa shape index (κ2) is 30.0. The Morgan fingerprint density at radius 3 is 1.45 bits per heavy atom. The molecule has 4 amide bonds. The number of hydrogen-bond acceptors (Lipinski definition) is 14. The standard InChI is InChI=1S/C36H50F5N3O14/c1-50-11-12-52-15-16-54-19-20-56-23-24-57-22-21-55-18-17-53-14-13-51-10-8-42-26(45)5-4-25(43-27(46)3-2-9-44-28(47)6-7-29(44)48)36(49)58-35-33(40)31(38)30(37)32(39)34(35)41/h6-7,25H,2-5,8-24H2,1H3,(H,42,45)(H,43,46)/t25-/m0/s1. The molecule has 58 heavy (non-hydrogen) atoms. The number of ether oxygens (including phenoxy) is 9. The number of nitrogens with one attached hydrogen (secondary N) is 2. The molecule has 1 aliphatic heterocycles. The molecule has 0 aromatic heterocycles. The molecule has 0 unspecified atom stereocenters. The minimum absolute atomic E-state index is 0.0285. The minimum Gasteiger partial charge on any atom is -0.418 e. The maximum absolute atomic E-state index is 14.2. The number of carbonyl (C=O) groups is 5. The van der Waals surface area contributed by atoms with Crippen molar-refractivity contribution in [2.45, 2.75) is 31.7 Å². The van der Waals surface area contributed by atoms with Crippen molar-refractivity contribution in [1.82, 2.24) is 15.5 Å². The summed E-state index contributed by atoms with van der Waals surface area (Å²) in [6, 6.07) is -1.78. The summed E-state index contributed by atoms with van der Waals surface area (Å²) in [4.78, 5) is 62.1. The van der Waals surface area contributed by atoms with Crippen LogP contribution in [0.4, 0.5) is 22.0 Å². The maximum Gasteiger partial charge on any atom is 0.334 e. The van der Waals surface area contributed by atoms with Gasteiger partial charge in [-0.3, -0.25) is 24.1 Å². The van der Waals surface area contributed by atoms with Crippen LogP contribution in [0.3, 0.4) is 0 Å². The lowest BCUT2D eigenvalue weighted by atomic mass is 10.1. The van der Waals surface area contributed by atoms with Crippen molar-refractivity contribution < 1.29 is 88.6 Å². The van der Waals surface area contributed by atoms with Crippen LogP contribution in [0.25, 0.3) is 0 Å². The van der Waals surface area contributed by atoms with Crippen LogP contribution in [0.1, 0.15) is 25.7 Å². The minimum atomic E-state index is -2.48. The quantitative estimate of drug-likeness (QED) is 0.0191. The topological polar surface area (TPSA) is 196 Å². The van der Waals surface area contributed by atoms with Gasteiger partial charge in [-0.15, -0.1) is 0 Å². The fraction of sp³-hybridized carbons (Fsp3) is 0.639. The van der Waals surface area contributed by atoms with Crippen LogP contribution in [0, 0.1) is 29.1 Å². The molecule has 1 heterocycles. The molecule has 0 aliphatic carbocycles. The Balaban J connectivity index is 1.58. The number of carbonyl (C=O) groups excluding carboxylic acids is 5. The molecule has 0 saturated heterocycles. The van der Waals surface area contributed by atoms with Gasteiger partial charge in [0.1, 0.15) is 6.04 Å². The summed E-state index contributed by atoms with van der Waals surface area (Å²) in [5.74, 6) is -18.3. The van der Waals surface area contributed by atoms with Crippen molar-refractivity contribution in [2.75, 3.05) is 119 Å². The zero-order valence-corrected chi connectivity index (χ0v) is 32.1. The molecule has 0 bridgehead atoms. The highest BCUT2D eigenvalue weighted by Crippen LogP contribution is 2.29. The van der Waals surface area contributed by atoms with Gasteiger partial charge in [-0.25, -0.2) is 18.0 Å². The average molecular weight is 844 g/mol. The Hall–Kier alpha value is -4.16. The van der Waals surface area contributed by atoms with E-state index in [0.29, 0.717) is 79.3 Å². The van der Waals surface area contributed by atoms with Crippen molar-refractivity contribution in [3.05, 3.63) is 41.2 Å². The monoisotopic (exact) mass is 843 g/mol. The Kier molecular flexibility index (Phi) is 25.8. The lowest BCUT2D eigenvalue weighted by Gasteiger charge is -2.19. The molecule has 1 atom stereocenters. The molecule has 2 rings (SSSR count). The van der Waals surface area contributed by atoms with Gasteiger partial charge in [-0.05, 0) is 12.8 Å². The predicted molar refractivity (Wildman–Crippen MR) is 189 cm³/mol. The highest BCUT2D eigenvalue weighted by molar-refractivity contribution is 6.12. The number of halogens is 5. The normalized spacial score (nSPS) is 13.0. The molecule has 1 aromatic carbocycles. The van der Waals surface area contributed by atoms with E-state index >= 15 is 0 Å². The third-order valence-electron chi connectivity index (χ3n) is 7.57. The van der Waals surface area contributed by atoms with E-state index in [9.17, 15) is 45.9 Å². The van der Waals surface area contributed by atoms with E-state index in [1.807, 2.05) is 0 Å². The number of nitrogens with zero attached hydrogens (tertiary/aromatic N) is 1. The van der Waals surface area contributed by atoms with Gasteiger partial charge < -0.3 is 53.3 Å². The molecule has 17 nitrogen and oxygen atoms in total. The predicted octanol–water partition coefficient (Wildman–Crippen LogP) is 1.14. The molecule has 2 N–H and O–H groups in total. The van der Waals surface area contributed by atoms with E-state index in [1.165, 1.54) is 0 Å². The van der Waals surface area contributed by atoms with E-state index in [-0.39, 0.29) is 45.8 Å². The van der Waals surface area contributed by atoms with Crippen molar-refractivity contribution >= 4 is 29.6 Å².